The molecule has 6 heteroatoms. The second kappa shape index (κ2) is 8.49. The zero-order valence-corrected chi connectivity index (χ0v) is 17.8. The van der Waals surface area contributed by atoms with Crippen molar-refractivity contribution in [3.8, 4) is 0 Å². The summed E-state index contributed by atoms with van der Waals surface area (Å²) in [5, 5.41) is 3.80. The molecule has 29 heavy (non-hydrogen) atoms. The van der Waals surface area contributed by atoms with Crippen LogP contribution >= 0.6 is 11.3 Å². The first-order chi connectivity index (χ1) is 14.1. The summed E-state index contributed by atoms with van der Waals surface area (Å²) >= 11 is 1.65. The normalized spacial score (nSPS) is 14.6. The summed E-state index contributed by atoms with van der Waals surface area (Å²) in [5.41, 5.74) is 3.19. The molecule has 1 N–H and O–H groups in total. The zero-order valence-electron chi connectivity index (χ0n) is 17.0. The molecule has 1 aliphatic rings. The highest BCUT2D eigenvalue weighted by atomic mass is 32.1. The molecule has 152 valence electrons. The maximum Gasteiger partial charge on any atom is 0.262 e. The molecular formula is C23H27N3O2S. The van der Waals surface area contributed by atoms with Gasteiger partial charge in [-0.15, -0.1) is 11.3 Å². The Kier molecular flexibility index (Phi) is 5.81. The molecular weight excluding hydrogens is 382 g/mol. The van der Waals surface area contributed by atoms with Gasteiger partial charge in [-0.1, -0.05) is 32.0 Å². The molecule has 4 rings (SSSR count). The van der Waals surface area contributed by atoms with Gasteiger partial charge in [-0.3, -0.25) is 14.2 Å². The van der Waals surface area contributed by atoms with Gasteiger partial charge in [-0.05, 0) is 55.2 Å². The fraction of sp³-hybridized carbons (Fsp3) is 0.435. The minimum atomic E-state index is -0.0832. The van der Waals surface area contributed by atoms with Gasteiger partial charge < -0.3 is 5.32 Å². The van der Waals surface area contributed by atoms with Crippen molar-refractivity contribution in [2.24, 2.45) is 0 Å². The van der Waals surface area contributed by atoms with Crippen molar-refractivity contribution in [2.75, 3.05) is 5.32 Å². The lowest BCUT2D eigenvalue weighted by atomic mass is 9.97. The van der Waals surface area contributed by atoms with Crippen LogP contribution in [0.1, 0.15) is 61.5 Å². The predicted molar refractivity (Wildman–Crippen MR) is 119 cm³/mol. The Morgan fingerprint density at radius 1 is 1.28 bits per heavy atom. The van der Waals surface area contributed by atoms with Crippen LogP contribution in [-0.4, -0.2) is 15.5 Å². The van der Waals surface area contributed by atoms with E-state index >= 15 is 0 Å². The monoisotopic (exact) mass is 409 g/mol. The number of nitrogens with one attached hydrogen (secondary N) is 1. The summed E-state index contributed by atoms with van der Waals surface area (Å²) in [7, 11) is 0. The number of carbonyl (C=O) groups excluding carboxylic acids is 1. The van der Waals surface area contributed by atoms with E-state index in [1.807, 2.05) is 18.2 Å². The van der Waals surface area contributed by atoms with Gasteiger partial charge in [-0.2, -0.15) is 0 Å². The maximum atomic E-state index is 13.0. The lowest BCUT2D eigenvalue weighted by Gasteiger charge is -2.15. The van der Waals surface area contributed by atoms with Gasteiger partial charge in [0.15, 0.2) is 0 Å². The molecule has 1 aliphatic carbocycles. The topological polar surface area (TPSA) is 64.0 Å². The Morgan fingerprint density at radius 2 is 2.07 bits per heavy atom. The second-order valence-corrected chi connectivity index (χ2v) is 8.91. The van der Waals surface area contributed by atoms with E-state index in [2.05, 4.69) is 30.2 Å². The molecule has 0 fully saturated rings. The largest absolute Gasteiger partial charge is 0.326 e. The van der Waals surface area contributed by atoms with Crippen LogP contribution in [0.5, 0.6) is 0 Å². The number of aryl methyl sites for hydroxylation is 3. The first kappa shape index (κ1) is 19.8. The van der Waals surface area contributed by atoms with Crippen LogP contribution < -0.4 is 10.9 Å². The molecule has 2 heterocycles. The smallest absolute Gasteiger partial charge is 0.262 e. The third-order valence-corrected chi connectivity index (χ3v) is 7.10. The average molecular weight is 410 g/mol. The summed E-state index contributed by atoms with van der Waals surface area (Å²) < 4.78 is 1.59. The van der Waals surface area contributed by atoms with E-state index < -0.39 is 0 Å². The number of carbonyl (C=O) groups is 1. The molecule has 3 aromatic rings. The first-order valence-electron chi connectivity index (χ1n) is 10.5. The van der Waals surface area contributed by atoms with E-state index in [0.717, 1.165) is 47.2 Å². The Morgan fingerprint density at radius 3 is 2.90 bits per heavy atom. The van der Waals surface area contributed by atoms with Crippen molar-refractivity contribution >= 4 is 33.1 Å². The van der Waals surface area contributed by atoms with Crippen molar-refractivity contribution in [1.29, 1.82) is 0 Å². The van der Waals surface area contributed by atoms with Gasteiger partial charge in [-0.25, -0.2) is 4.98 Å². The number of nitrogens with zero attached hydrogens (tertiary/aromatic N) is 2. The average Bonchev–Trinajstić information content (AvgIpc) is 3.12. The van der Waals surface area contributed by atoms with E-state index in [4.69, 9.17) is 0 Å². The molecule has 0 saturated carbocycles. The molecule has 2 aromatic heterocycles. The molecule has 1 amide bonds. The Labute approximate surface area is 174 Å². The van der Waals surface area contributed by atoms with Gasteiger partial charge in [0.05, 0.1) is 11.7 Å². The van der Waals surface area contributed by atoms with Gasteiger partial charge in [0.2, 0.25) is 5.91 Å². The van der Waals surface area contributed by atoms with E-state index in [9.17, 15) is 9.59 Å². The Balaban J connectivity index is 1.50. The molecule has 0 aliphatic heterocycles. The van der Waals surface area contributed by atoms with Crippen LogP contribution in [0.2, 0.25) is 0 Å². The van der Waals surface area contributed by atoms with E-state index in [-0.39, 0.29) is 17.9 Å². The fourth-order valence-electron chi connectivity index (χ4n) is 4.04. The van der Waals surface area contributed by atoms with Crippen LogP contribution in [0, 0.1) is 0 Å². The quantitative estimate of drug-likeness (QED) is 0.631. The molecule has 0 spiro atoms. The predicted octanol–water partition coefficient (Wildman–Crippen LogP) is 4.88. The second-order valence-electron chi connectivity index (χ2n) is 7.83. The van der Waals surface area contributed by atoms with Crippen LogP contribution in [0.15, 0.2) is 35.4 Å². The van der Waals surface area contributed by atoms with Gasteiger partial charge in [0, 0.05) is 23.5 Å². The van der Waals surface area contributed by atoms with Crippen molar-refractivity contribution in [1.82, 2.24) is 9.55 Å². The number of hydrogen-bond donors (Lipinski definition) is 1. The van der Waals surface area contributed by atoms with Crippen molar-refractivity contribution < 1.29 is 4.79 Å². The number of hydrogen-bond acceptors (Lipinski definition) is 4. The minimum Gasteiger partial charge on any atom is -0.326 e. The highest BCUT2D eigenvalue weighted by Crippen LogP contribution is 2.33. The molecule has 0 radical (unpaired) electrons. The highest BCUT2D eigenvalue weighted by molar-refractivity contribution is 7.18. The number of rotatable bonds is 6. The minimum absolute atomic E-state index is 0.0118. The van der Waals surface area contributed by atoms with Gasteiger partial charge in [0.1, 0.15) is 4.83 Å². The SMILES string of the molecule is CCC(C)c1ccccc1NC(=O)CCn1cnc2sc3c(c2c1=O)CCCC3. The summed E-state index contributed by atoms with van der Waals surface area (Å²) in [6.07, 6.45) is 7.18. The van der Waals surface area contributed by atoms with Crippen LogP contribution in [0.3, 0.4) is 0 Å². The molecule has 1 aromatic carbocycles. The number of para-hydroxylation sites is 1. The lowest BCUT2D eigenvalue weighted by Crippen LogP contribution is -2.24. The number of thiophene rings is 1. The number of amides is 1. The number of anilines is 1. The van der Waals surface area contributed by atoms with Gasteiger partial charge in [0.25, 0.3) is 5.56 Å². The highest BCUT2D eigenvalue weighted by Gasteiger charge is 2.20. The lowest BCUT2D eigenvalue weighted by molar-refractivity contribution is -0.116. The van der Waals surface area contributed by atoms with Crippen LogP contribution in [0.4, 0.5) is 5.69 Å². The molecule has 0 bridgehead atoms. The standard InChI is InChI=1S/C23H27N3O2S/c1-3-15(2)16-8-4-6-10-18(16)25-20(27)12-13-26-14-24-22-21(23(26)28)17-9-5-7-11-19(17)29-22/h4,6,8,10,14-15H,3,5,7,9,11-13H2,1-2H3,(H,25,27). The number of benzene rings is 1. The molecule has 5 nitrogen and oxygen atoms in total. The van der Waals surface area contributed by atoms with E-state index in [1.54, 1.807) is 22.2 Å². The first-order valence-corrected chi connectivity index (χ1v) is 11.3. The van der Waals surface area contributed by atoms with Crippen molar-refractivity contribution in [2.45, 2.75) is 64.8 Å². The third-order valence-electron chi connectivity index (χ3n) is 5.90. The summed E-state index contributed by atoms with van der Waals surface area (Å²) in [4.78, 5) is 32.2. The van der Waals surface area contributed by atoms with Crippen molar-refractivity contribution in [3.05, 3.63) is 57.0 Å². The van der Waals surface area contributed by atoms with E-state index in [1.165, 1.54) is 16.9 Å². The summed E-state index contributed by atoms with van der Waals surface area (Å²) in [5.74, 6) is 0.297. The third kappa shape index (κ3) is 3.99. The zero-order chi connectivity index (χ0) is 20.4. The molecule has 1 unspecified atom stereocenters. The van der Waals surface area contributed by atoms with Gasteiger partial charge >= 0.3 is 0 Å². The summed E-state index contributed by atoms with van der Waals surface area (Å²) in [6, 6.07) is 7.94. The van der Waals surface area contributed by atoms with Crippen LogP contribution in [-0.2, 0) is 24.2 Å². The summed E-state index contributed by atoms with van der Waals surface area (Å²) in [6.45, 7) is 4.64. The maximum absolute atomic E-state index is 13.0. The number of fused-ring (bicyclic) bond motifs is 3. The molecule has 1 atom stereocenters. The number of aromatic nitrogens is 2. The molecule has 0 saturated heterocycles. The Hall–Kier alpha value is -2.47. The fourth-order valence-corrected chi connectivity index (χ4v) is 5.26. The Bertz CT molecular complexity index is 1100. The van der Waals surface area contributed by atoms with E-state index in [0.29, 0.717) is 12.5 Å². The van der Waals surface area contributed by atoms with Crippen LogP contribution in [0.25, 0.3) is 10.2 Å². The van der Waals surface area contributed by atoms with Crippen molar-refractivity contribution in [3.63, 3.8) is 0 Å².